The van der Waals surface area contributed by atoms with Gasteiger partial charge in [-0.05, 0) is 70.6 Å². The summed E-state index contributed by atoms with van der Waals surface area (Å²) in [6.45, 7) is 6.38. The van der Waals surface area contributed by atoms with E-state index in [1.165, 1.54) is 116 Å². The molecule has 0 fully saturated rings. The van der Waals surface area contributed by atoms with Crippen molar-refractivity contribution >= 4 is 17.9 Å². The summed E-state index contributed by atoms with van der Waals surface area (Å²) < 4.78 is 16.7. The molecule has 6 heteroatoms. The fraction of sp³-hybridized carbons (Fsp3) is 0.717. The lowest BCUT2D eigenvalue weighted by Crippen LogP contribution is -2.30. The minimum absolute atomic E-state index is 0.0944. The van der Waals surface area contributed by atoms with E-state index in [1.807, 2.05) is 6.08 Å². The number of carbonyl (C=O) groups is 3. The molecule has 1 atom stereocenters. The van der Waals surface area contributed by atoms with Gasteiger partial charge in [-0.15, -0.1) is 0 Å². The van der Waals surface area contributed by atoms with Gasteiger partial charge >= 0.3 is 17.9 Å². The summed E-state index contributed by atoms with van der Waals surface area (Å²) in [7, 11) is 0. The zero-order valence-corrected chi connectivity index (χ0v) is 43.2. The molecule has 0 amide bonds. The van der Waals surface area contributed by atoms with Gasteiger partial charge in [0, 0.05) is 12.8 Å². The smallest absolute Gasteiger partial charge is 0.310 e. The van der Waals surface area contributed by atoms with Gasteiger partial charge in [-0.3, -0.25) is 14.4 Å². The van der Waals surface area contributed by atoms with E-state index in [1.54, 1.807) is 6.08 Å². The normalized spacial score (nSPS) is 12.7. The summed E-state index contributed by atoms with van der Waals surface area (Å²) in [4.78, 5) is 38.0. The van der Waals surface area contributed by atoms with E-state index in [0.29, 0.717) is 12.8 Å². The Hall–Kier alpha value is -3.41. The third-order valence-corrected chi connectivity index (χ3v) is 11.6. The van der Waals surface area contributed by atoms with E-state index in [2.05, 4.69) is 93.7 Å². The number of carbonyl (C=O) groups excluding carboxylic acids is 3. The number of allylic oxidation sites excluding steroid dienone is 13. The maximum Gasteiger partial charge on any atom is 0.310 e. The molecule has 0 saturated heterocycles. The van der Waals surface area contributed by atoms with Crippen LogP contribution in [-0.4, -0.2) is 37.2 Å². The van der Waals surface area contributed by atoms with Gasteiger partial charge in [0.2, 0.25) is 0 Å². The minimum Gasteiger partial charge on any atom is -0.462 e. The Kier molecular flexibility index (Phi) is 51.4. The molecule has 0 aromatic heterocycles. The van der Waals surface area contributed by atoms with Gasteiger partial charge in [-0.2, -0.15) is 0 Å². The fourth-order valence-electron chi connectivity index (χ4n) is 7.56. The molecule has 0 aromatic rings. The number of hydrogen-bond acceptors (Lipinski definition) is 6. The van der Waals surface area contributed by atoms with Crippen molar-refractivity contribution in [2.45, 2.75) is 264 Å². The van der Waals surface area contributed by atoms with E-state index in [-0.39, 0.29) is 31.6 Å². The van der Waals surface area contributed by atoms with Crippen molar-refractivity contribution in [1.82, 2.24) is 0 Å². The van der Waals surface area contributed by atoms with Gasteiger partial charge in [0.05, 0.1) is 6.42 Å². The summed E-state index contributed by atoms with van der Waals surface area (Å²) in [6, 6.07) is 0. The summed E-state index contributed by atoms with van der Waals surface area (Å²) in [6.07, 6.45) is 70.3. The second kappa shape index (κ2) is 54.2. The minimum atomic E-state index is -0.835. The maximum atomic E-state index is 12.8. The third kappa shape index (κ3) is 51.6. The first-order chi connectivity index (χ1) is 32.5. The second-order valence-corrected chi connectivity index (χ2v) is 18.1. The Morgan fingerprint density at radius 1 is 0.333 bits per heavy atom. The Labute approximate surface area is 407 Å². The van der Waals surface area contributed by atoms with Gasteiger partial charge in [-0.25, -0.2) is 0 Å². The highest BCUT2D eigenvalue weighted by Crippen LogP contribution is 2.16. The first kappa shape index (κ1) is 62.6. The highest BCUT2D eigenvalue weighted by molar-refractivity contribution is 5.72. The molecule has 0 aliphatic rings. The van der Waals surface area contributed by atoms with Crippen LogP contribution in [0.2, 0.25) is 0 Å². The summed E-state index contributed by atoms with van der Waals surface area (Å²) >= 11 is 0. The molecule has 378 valence electrons. The van der Waals surface area contributed by atoms with Crippen LogP contribution >= 0.6 is 0 Å². The topological polar surface area (TPSA) is 78.9 Å². The lowest BCUT2D eigenvalue weighted by Gasteiger charge is -2.18. The van der Waals surface area contributed by atoms with E-state index in [4.69, 9.17) is 14.2 Å². The molecule has 0 aliphatic heterocycles. The Balaban J connectivity index is 4.43. The molecule has 0 aliphatic carbocycles. The van der Waals surface area contributed by atoms with E-state index >= 15 is 0 Å². The van der Waals surface area contributed by atoms with Crippen LogP contribution < -0.4 is 0 Å². The van der Waals surface area contributed by atoms with Gasteiger partial charge in [-0.1, -0.05) is 254 Å². The van der Waals surface area contributed by atoms with Crippen molar-refractivity contribution in [1.29, 1.82) is 0 Å². The van der Waals surface area contributed by atoms with Crippen molar-refractivity contribution in [3.05, 3.63) is 85.1 Å². The highest BCUT2D eigenvalue weighted by Gasteiger charge is 2.19. The van der Waals surface area contributed by atoms with Gasteiger partial charge in [0.15, 0.2) is 6.10 Å². The van der Waals surface area contributed by atoms with Crippen molar-refractivity contribution < 1.29 is 28.6 Å². The third-order valence-electron chi connectivity index (χ3n) is 11.6. The summed E-state index contributed by atoms with van der Waals surface area (Å²) in [5.41, 5.74) is 0. The average molecular weight is 919 g/mol. The van der Waals surface area contributed by atoms with Crippen molar-refractivity contribution in [3.8, 4) is 0 Å². The lowest BCUT2D eigenvalue weighted by molar-refractivity contribution is -0.166. The zero-order chi connectivity index (χ0) is 47.9. The van der Waals surface area contributed by atoms with Crippen LogP contribution in [0.25, 0.3) is 0 Å². The molecule has 6 nitrogen and oxygen atoms in total. The van der Waals surface area contributed by atoms with Gasteiger partial charge in [0.25, 0.3) is 0 Å². The Morgan fingerprint density at radius 3 is 1.06 bits per heavy atom. The molecule has 0 spiro atoms. The molecule has 0 radical (unpaired) electrons. The molecule has 0 heterocycles. The first-order valence-corrected chi connectivity index (χ1v) is 27.6. The van der Waals surface area contributed by atoms with Crippen LogP contribution in [0.5, 0.6) is 0 Å². The van der Waals surface area contributed by atoms with Gasteiger partial charge < -0.3 is 14.2 Å². The van der Waals surface area contributed by atoms with Gasteiger partial charge in [0.1, 0.15) is 13.2 Å². The molecule has 0 N–H and O–H groups in total. The maximum absolute atomic E-state index is 12.8. The quantitative estimate of drug-likeness (QED) is 0.0262. The van der Waals surface area contributed by atoms with Crippen LogP contribution in [0, 0.1) is 0 Å². The SMILES string of the molecule is CC/C=C\C/C=C\C/C=C\C/C=C\C/C=C\CC(=O)OC(COC(=O)CCCCCCC/C=C\C/C=C\CCC)COC(=O)CCCCCCCCCCCCCCCCCCCCCC. The van der Waals surface area contributed by atoms with Crippen LogP contribution in [0.3, 0.4) is 0 Å². The molecule has 1 unspecified atom stereocenters. The predicted molar refractivity (Wildman–Crippen MR) is 284 cm³/mol. The molecular formula is C60H102O6. The van der Waals surface area contributed by atoms with E-state index < -0.39 is 12.1 Å². The van der Waals surface area contributed by atoms with E-state index in [9.17, 15) is 14.4 Å². The van der Waals surface area contributed by atoms with Crippen LogP contribution in [0.15, 0.2) is 85.1 Å². The monoisotopic (exact) mass is 919 g/mol. The molecule has 0 rings (SSSR count). The largest absolute Gasteiger partial charge is 0.462 e. The molecule has 0 saturated carbocycles. The first-order valence-electron chi connectivity index (χ1n) is 27.6. The van der Waals surface area contributed by atoms with Crippen molar-refractivity contribution in [2.75, 3.05) is 13.2 Å². The fourth-order valence-corrected chi connectivity index (χ4v) is 7.56. The summed E-state index contributed by atoms with van der Waals surface area (Å²) in [5, 5.41) is 0. The number of hydrogen-bond donors (Lipinski definition) is 0. The molecule has 66 heavy (non-hydrogen) atoms. The molecular weight excluding hydrogens is 817 g/mol. The number of unbranched alkanes of at least 4 members (excludes halogenated alkanes) is 25. The van der Waals surface area contributed by atoms with Crippen LogP contribution in [0.4, 0.5) is 0 Å². The number of ether oxygens (including phenoxy) is 3. The highest BCUT2D eigenvalue weighted by atomic mass is 16.6. The van der Waals surface area contributed by atoms with Crippen molar-refractivity contribution in [2.24, 2.45) is 0 Å². The zero-order valence-electron chi connectivity index (χ0n) is 43.2. The van der Waals surface area contributed by atoms with Crippen LogP contribution in [0.1, 0.15) is 258 Å². The van der Waals surface area contributed by atoms with Crippen molar-refractivity contribution in [3.63, 3.8) is 0 Å². The van der Waals surface area contributed by atoms with Crippen LogP contribution in [-0.2, 0) is 28.6 Å². The number of esters is 3. The Morgan fingerprint density at radius 2 is 0.667 bits per heavy atom. The van der Waals surface area contributed by atoms with E-state index in [0.717, 1.165) is 103 Å². The number of rotatable bonds is 49. The lowest BCUT2D eigenvalue weighted by atomic mass is 10.0. The Bertz CT molecular complexity index is 1290. The molecule has 0 aromatic carbocycles. The molecule has 0 bridgehead atoms. The summed E-state index contributed by atoms with van der Waals surface area (Å²) in [5.74, 6) is -1.06. The average Bonchev–Trinajstić information content (AvgIpc) is 3.31. The standard InChI is InChI=1S/C60H102O6/c1-4-7-10-13-16-19-22-25-27-28-29-30-31-33-35-38-41-44-47-50-53-59(62)65-56-57(55-64-58(61)52-49-46-43-40-37-34-24-21-18-15-12-9-6-3)66-60(63)54-51-48-45-42-39-36-32-26-23-20-17-14-11-8-5-2/h8,11-12,15,17,20-21,24,26,32,39,42,48,51,57H,4-7,9-10,13-14,16,18-19,22-23,25,27-31,33-38,40-41,43-47,49-50,52-56H2,1-3H3/b11-8-,15-12-,20-17-,24-21-,32-26-,42-39-,51-48-. The second-order valence-electron chi connectivity index (χ2n) is 18.1. The predicted octanol–water partition coefficient (Wildman–Crippen LogP) is 18.4.